The van der Waals surface area contributed by atoms with Crippen molar-refractivity contribution in [1.29, 1.82) is 0 Å². The fraction of sp³-hybridized carbons (Fsp3) is 0.462. The smallest absolute Gasteiger partial charge is 0.250 e. The van der Waals surface area contributed by atoms with E-state index in [0.29, 0.717) is 17.0 Å². The third-order valence-electron chi connectivity index (χ3n) is 2.80. The van der Waals surface area contributed by atoms with Crippen molar-refractivity contribution in [3.05, 3.63) is 34.4 Å². The van der Waals surface area contributed by atoms with Gasteiger partial charge in [-0.15, -0.1) is 0 Å². The van der Waals surface area contributed by atoms with E-state index in [1.807, 2.05) is 26.2 Å². The predicted octanol–water partition coefficient (Wildman–Crippen LogP) is 2.43. The Kier molecular flexibility index (Phi) is 4.17. The van der Waals surface area contributed by atoms with Crippen molar-refractivity contribution in [3.63, 3.8) is 0 Å². The molecule has 0 atom stereocenters. The van der Waals surface area contributed by atoms with Crippen molar-refractivity contribution in [1.82, 2.24) is 25.1 Å². The first-order valence-corrected chi connectivity index (χ1v) is 6.63. The SMILES string of the molecule is Cc1nn(-c2ncc(CNC(C)C)cn2)c(C)c1Cl. The highest BCUT2D eigenvalue weighted by Crippen LogP contribution is 2.20. The van der Waals surface area contributed by atoms with Gasteiger partial charge in [0.25, 0.3) is 5.95 Å². The summed E-state index contributed by atoms with van der Waals surface area (Å²) < 4.78 is 1.66. The zero-order chi connectivity index (χ0) is 14.0. The number of rotatable bonds is 4. The number of aryl methyl sites for hydroxylation is 1. The molecule has 0 bridgehead atoms. The van der Waals surface area contributed by atoms with Gasteiger partial charge in [-0.05, 0) is 13.8 Å². The van der Waals surface area contributed by atoms with Gasteiger partial charge in [0, 0.05) is 30.5 Å². The first kappa shape index (κ1) is 14.0. The summed E-state index contributed by atoms with van der Waals surface area (Å²) in [4.78, 5) is 8.67. The molecule has 0 spiro atoms. The molecular formula is C13H18ClN5. The first-order chi connectivity index (χ1) is 8.99. The van der Waals surface area contributed by atoms with Gasteiger partial charge >= 0.3 is 0 Å². The first-order valence-electron chi connectivity index (χ1n) is 6.25. The number of aromatic nitrogens is 4. The van der Waals surface area contributed by atoms with E-state index in [4.69, 9.17) is 11.6 Å². The molecule has 2 heterocycles. The summed E-state index contributed by atoms with van der Waals surface area (Å²) in [7, 11) is 0. The number of halogens is 1. The van der Waals surface area contributed by atoms with Crippen LogP contribution in [0.1, 0.15) is 30.8 Å². The highest BCUT2D eigenvalue weighted by Gasteiger charge is 2.12. The van der Waals surface area contributed by atoms with Gasteiger partial charge in [0.05, 0.1) is 16.4 Å². The standard InChI is InChI=1S/C13H18ClN5/c1-8(2)15-5-11-6-16-13(17-7-11)19-10(4)12(14)9(3)18-19/h6-8,15H,5H2,1-4H3. The van der Waals surface area contributed by atoms with E-state index in [1.54, 1.807) is 4.68 Å². The number of nitrogens with one attached hydrogen (secondary N) is 1. The van der Waals surface area contributed by atoms with Crippen LogP contribution in [0.2, 0.25) is 5.02 Å². The zero-order valence-electron chi connectivity index (χ0n) is 11.6. The maximum absolute atomic E-state index is 6.12. The minimum absolute atomic E-state index is 0.439. The van der Waals surface area contributed by atoms with Gasteiger partial charge < -0.3 is 5.32 Å². The van der Waals surface area contributed by atoms with Crippen LogP contribution in [-0.2, 0) is 6.54 Å². The van der Waals surface area contributed by atoms with Crippen LogP contribution < -0.4 is 5.32 Å². The molecule has 2 rings (SSSR count). The highest BCUT2D eigenvalue weighted by atomic mass is 35.5. The minimum Gasteiger partial charge on any atom is -0.310 e. The van der Waals surface area contributed by atoms with Crippen molar-refractivity contribution in [2.45, 2.75) is 40.3 Å². The Morgan fingerprint density at radius 2 is 1.89 bits per heavy atom. The largest absolute Gasteiger partial charge is 0.310 e. The topological polar surface area (TPSA) is 55.6 Å². The van der Waals surface area contributed by atoms with Gasteiger partial charge in [-0.3, -0.25) is 0 Å². The van der Waals surface area contributed by atoms with Crippen LogP contribution in [0, 0.1) is 13.8 Å². The molecule has 0 aliphatic heterocycles. The molecule has 0 aliphatic carbocycles. The second-order valence-corrected chi connectivity index (χ2v) is 5.20. The molecule has 5 nitrogen and oxygen atoms in total. The monoisotopic (exact) mass is 279 g/mol. The lowest BCUT2D eigenvalue weighted by molar-refractivity contribution is 0.586. The summed E-state index contributed by atoms with van der Waals surface area (Å²) in [5.74, 6) is 0.542. The van der Waals surface area contributed by atoms with Gasteiger partial charge in [0.1, 0.15) is 0 Å². The zero-order valence-corrected chi connectivity index (χ0v) is 12.4. The van der Waals surface area contributed by atoms with Gasteiger partial charge in [0.2, 0.25) is 0 Å². The molecule has 0 aliphatic rings. The van der Waals surface area contributed by atoms with E-state index < -0.39 is 0 Å². The second kappa shape index (κ2) is 5.67. The Balaban J connectivity index is 2.20. The van der Waals surface area contributed by atoms with Crippen LogP contribution in [0.5, 0.6) is 0 Å². The predicted molar refractivity (Wildman–Crippen MR) is 75.6 cm³/mol. The maximum Gasteiger partial charge on any atom is 0.250 e. The average molecular weight is 280 g/mol. The number of hydrogen-bond acceptors (Lipinski definition) is 4. The molecule has 0 radical (unpaired) electrons. The van der Waals surface area contributed by atoms with Crippen LogP contribution in [-0.4, -0.2) is 25.8 Å². The van der Waals surface area contributed by atoms with E-state index >= 15 is 0 Å². The van der Waals surface area contributed by atoms with Gasteiger partial charge in [-0.2, -0.15) is 5.10 Å². The number of nitrogens with zero attached hydrogens (tertiary/aromatic N) is 4. The lowest BCUT2D eigenvalue weighted by atomic mass is 10.3. The normalized spacial score (nSPS) is 11.3. The van der Waals surface area contributed by atoms with Crippen molar-refractivity contribution in [3.8, 4) is 5.95 Å². The summed E-state index contributed by atoms with van der Waals surface area (Å²) in [6, 6.07) is 0.439. The molecule has 0 saturated carbocycles. The Bertz CT molecular complexity index is 559. The van der Waals surface area contributed by atoms with E-state index in [0.717, 1.165) is 23.5 Å². The molecule has 0 fully saturated rings. The Morgan fingerprint density at radius 1 is 1.26 bits per heavy atom. The molecule has 0 aromatic carbocycles. The van der Waals surface area contributed by atoms with Crippen molar-refractivity contribution >= 4 is 11.6 Å². The molecular weight excluding hydrogens is 262 g/mol. The molecule has 2 aromatic heterocycles. The lowest BCUT2D eigenvalue weighted by Crippen LogP contribution is -2.22. The van der Waals surface area contributed by atoms with Crippen LogP contribution >= 0.6 is 11.6 Å². The Hall–Kier alpha value is -1.46. The molecule has 2 aromatic rings. The van der Waals surface area contributed by atoms with Gasteiger partial charge in [0.15, 0.2) is 0 Å². The van der Waals surface area contributed by atoms with Crippen molar-refractivity contribution in [2.24, 2.45) is 0 Å². The molecule has 0 amide bonds. The van der Waals surface area contributed by atoms with E-state index in [-0.39, 0.29) is 0 Å². The van der Waals surface area contributed by atoms with E-state index in [2.05, 4.69) is 34.2 Å². The molecule has 6 heteroatoms. The van der Waals surface area contributed by atoms with Crippen LogP contribution in [0.25, 0.3) is 5.95 Å². The molecule has 102 valence electrons. The fourth-order valence-corrected chi connectivity index (χ4v) is 1.81. The fourth-order valence-electron chi connectivity index (χ4n) is 1.69. The summed E-state index contributed by atoms with van der Waals surface area (Å²) >= 11 is 6.12. The second-order valence-electron chi connectivity index (χ2n) is 4.82. The van der Waals surface area contributed by atoms with Gasteiger partial charge in [-0.25, -0.2) is 14.6 Å². The minimum atomic E-state index is 0.439. The third-order valence-corrected chi connectivity index (χ3v) is 3.35. The quantitative estimate of drug-likeness (QED) is 0.934. The summed E-state index contributed by atoms with van der Waals surface area (Å²) in [5.41, 5.74) is 2.69. The molecule has 1 N–H and O–H groups in total. The summed E-state index contributed by atoms with van der Waals surface area (Å²) in [6.07, 6.45) is 3.62. The van der Waals surface area contributed by atoms with Gasteiger partial charge in [-0.1, -0.05) is 25.4 Å². The average Bonchev–Trinajstić information content (AvgIpc) is 2.65. The number of hydrogen-bond donors (Lipinski definition) is 1. The van der Waals surface area contributed by atoms with E-state index in [1.165, 1.54) is 0 Å². The van der Waals surface area contributed by atoms with Crippen molar-refractivity contribution in [2.75, 3.05) is 0 Å². The third kappa shape index (κ3) is 3.11. The van der Waals surface area contributed by atoms with Crippen LogP contribution in [0.3, 0.4) is 0 Å². The lowest BCUT2D eigenvalue weighted by Gasteiger charge is -2.08. The maximum atomic E-state index is 6.12. The highest BCUT2D eigenvalue weighted by molar-refractivity contribution is 6.31. The Labute approximate surface area is 118 Å². The van der Waals surface area contributed by atoms with Crippen molar-refractivity contribution < 1.29 is 0 Å². The summed E-state index contributed by atoms with van der Waals surface area (Å²) in [6.45, 7) is 8.74. The molecule has 0 unspecified atom stereocenters. The molecule has 0 saturated heterocycles. The summed E-state index contributed by atoms with van der Waals surface area (Å²) in [5, 5.41) is 8.31. The van der Waals surface area contributed by atoms with E-state index in [9.17, 15) is 0 Å². The Morgan fingerprint density at radius 3 is 2.37 bits per heavy atom. The molecule has 19 heavy (non-hydrogen) atoms. The van der Waals surface area contributed by atoms with Crippen LogP contribution in [0.15, 0.2) is 12.4 Å². The van der Waals surface area contributed by atoms with Crippen LogP contribution in [0.4, 0.5) is 0 Å².